The van der Waals surface area contributed by atoms with Crippen LogP contribution in [-0.2, 0) is 0 Å². The maximum Gasteiger partial charge on any atom is 0.122 e. The number of hydrogen-bond acceptors (Lipinski definition) is 1. The van der Waals surface area contributed by atoms with Crippen LogP contribution in [0.25, 0.3) is 0 Å². The van der Waals surface area contributed by atoms with Gasteiger partial charge >= 0.3 is 0 Å². The average molecular weight is 325 g/mol. The van der Waals surface area contributed by atoms with Crippen LogP contribution in [-0.4, -0.2) is 11.4 Å². The van der Waals surface area contributed by atoms with Gasteiger partial charge in [-0.05, 0) is 42.2 Å². The van der Waals surface area contributed by atoms with Crippen molar-refractivity contribution in [2.75, 3.05) is 6.61 Å². The summed E-state index contributed by atoms with van der Waals surface area (Å²) in [5.74, 6) is 1.79. The van der Waals surface area contributed by atoms with E-state index in [1.165, 1.54) is 31.2 Å². The number of benzene rings is 1. The zero-order valence-electron chi connectivity index (χ0n) is 12.3. The fourth-order valence-electron chi connectivity index (χ4n) is 2.69. The minimum Gasteiger partial charge on any atom is -0.493 e. The molecule has 1 heterocycles. The van der Waals surface area contributed by atoms with Gasteiger partial charge in [0.25, 0.3) is 0 Å². The zero-order chi connectivity index (χ0) is 13.9. The first kappa shape index (κ1) is 14.9. The molecular formula is C17H25BrO. The van der Waals surface area contributed by atoms with Gasteiger partial charge in [-0.3, -0.25) is 0 Å². The number of ether oxygens (including phenoxy) is 1. The Labute approximate surface area is 125 Å². The Hall–Kier alpha value is -0.500. The third-order valence-corrected chi connectivity index (χ3v) is 5.86. The molecule has 0 saturated heterocycles. The molecule has 0 spiro atoms. The lowest BCUT2D eigenvalue weighted by molar-refractivity contribution is 0.260. The van der Waals surface area contributed by atoms with Crippen molar-refractivity contribution >= 4 is 15.9 Å². The zero-order valence-corrected chi connectivity index (χ0v) is 13.9. The summed E-state index contributed by atoms with van der Waals surface area (Å²) in [5.41, 5.74) is 1.77. The molecule has 0 N–H and O–H groups in total. The van der Waals surface area contributed by atoms with Crippen LogP contribution < -0.4 is 4.74 Å². The van der Waals surface area contributed by atoms with Gasteiger partial charge in [0, 0.05) is 4.83 Å². The monoisotopic (exact) mass is 324 g/mol. The molecule has 1 aromatic rings. The topological polar surface area (TPSA) is 9.23 Å². The predicted octanol–water partition coefficient (Wildman–Crippen LogP) is 5.53. The molecule has 0 amide bonds. The van der Waals surface area contributed by atoms with Crippen LogP contribution in [0, 0.1) is 5.41 Å². The molecule has 2 atom stereocenters. The molecular weight excluding hydrogens is 300 g/mol. The van der Waals surface area contributed by atoms with Crippen molar-refractivity contribution < 1.29 is 4.74 Å². The Balaban J connectivity index is 1.88. The Morgan fingerprint density at radius 1 is 1.32 bits per heavy atom. The van der Waals surface area contributed by atoms with Gasteiger partial charge in [-0.2, -0.15) is 0 Å². The van der Waals surface area contributed by atoms with E-state index in [1.54, 1.807) is 0 Å². The van der Waals surface area contributed by atoms with Crippen LogP contribution in [0.4, 0.5) is 0 Å². The van der Waals surface area contributed by atoms with Crippen LogP contribution in [0.3, 0.4) is 0 Å². The molecule has 2 heteroatoms. The maximum atomic E-state index is 5.73. The Morgan fingerprint density at radius 3 is 2.79 bits per heavy atom. The molecule has 0 fully saturated rings. The normalized spacial score (nSPS) is 20.5. The quantitative estimate of drug-likeness (QED) is 0.661. The number of alkyl halides is 1. The molecule has 0 aromatic heterocycles. The summed E-state index contributed by atoms with van der Waals surface area (Å²) in [6.07, 6.45) is 4.98. The highest BCUT2D eigenvalue weighted by atomic mass is 79.9. The Morgan fingerprint density at radius 2 is 2.05 bits per heavy atom. The van der Waals surface area contributed by atoms with E-state index >= 15 is 0 Å². The second-order valence-electron chi connectivity index (χ2n) is 6.64. The third kappa shape index (κ3) is 3.98. The lowest BCUT2D eigenvalue weighted by atomic mass is 9.85. The van der Waals surface area contributed by atoms with Crippen molar-refractivity contribution in [3.63, 3.8) is 0 Å². The lowest BCUT2D eigenvalue weighted by Gasteiger charge is -2.28. The summed E-state index contributed by atoms with van der Waals surface area (Å²) in [6.45, 7) is 7.78. The summed E-state index contributed by atoms with van der Waals surface area (Å²) >= 11 is 3.83. The molecule has 0 aliphatic carbocycles. The molecule has 19 heavy (non-hydrogen) atoms. The van der Waals surface area contributed by atoms with E-state index in [4.69, 9.17) is 4.74 Å². The second kappa shape index (κ2) is 6.30. The molecule has 0 saturated carbocycles. The summed E-state index contributed by atoms with van der Waals surface area (Å²) in [7, 11) is 0. The predicted molar refractivity (Wildman–Crippen MR) is 85.3 cm³/mol. The van der Waals surface area contributed by atoms with Crippen LogP contribution in [0.1, 0.15) is 57.9 Å². The van der Waals surface area contributed by atoms with E-state index in [1.807, 2.05) is 0 Å². The van der Waals surface area contributed by atoms with Crippen molar-refractivity contribution in [1.82, 2.24) is 0 Å². The van der Waals surface area contributed by atoms with Gasteiger partial charge in [-0.1, -0.05) is 61.3 Å². The van der Waals surface area contributed by atoms with Crippen molar-refractivity contribution in [3.8, 4) is 5.75 Å². The fourth-order valence-corrected chi connectivity index (χ4v) is 3.02. The number of rotatable bonds is 4. The third-order valence-electron chi connectivity index (χ3n) is 4.03. The number of para-hydroxylation sites is 1. The molecule has 1 aliphatic rings. The van der Waals surface area contributed by atoms with Gasteiger partial charge in [-0.25, -0.2) is 0 Å². The van der Waals surface area contributed by atoms with E-state index < -0.39 is 0 Å². The molecule has 2 unspecified atom stereocenters. The van der Waals surface area contributed by atoms with E-state index in [2.05, 4.69) is 61.0 Å². The molecule has 106 valence electrons. The summed E-state index contributed by atoms with van der Waals surface area (Å²) in [5, 5.41) is 0. The van der Waals surface area contributed by atoms with Crippen LogP contribution >= 0.6 is 15.9 Å². The van der Waals surface area contributed by atoms with Gasteiger partial charge in [0.1, 0.15) is 5.75 Å². The van der Waals surface area contributed by atoms with Gasteiger partial charge in [0.15, 0.2) is 0 Å². The van der Waals surface area contributed by atoms with Gasteiger partial charge in [0.2, 0.25) is 0 Å². The summed E-state index contributed by atoms with van der Waals surface area (Å²) in [4.78, 5) is 0.607. The largest absolute Gasteiger partial charge is 0.493 e. The van der Waals surface area contributed by atoms with E-state index in [9.17, 15) is 0 Å². The molecule has 1 aliphatic heterocycles. The maximum absolute atomic E-state index is 5.73. The van der Waals surface area contributed by atoms with Crippen molar-refractivity contribution in [3.05, 3.63) is 29.8 Å². The first-order valence-electron chi connectivity index (χ1n) is 7.34. The van der Waals surface area contributed by atoms with Crippen molar-refractivity contribution in [2.45, 2.75) is 57.2 Å². The number of fused-ring (bicyclic) bond motifs is 1. The average Bonchev–Trinajstić information content (AvgIpc) is 2.38. The van der Waals surface area contributed by atoms with Crippen LogP contribution in [0.5, 0.6) is 5.75 Å². The molecule has 1 aromatic carbocycles. The molecule has 1 nitrogen and oxygen atoms in total. The van der Waals surface area contributed by atoms with Gasteiger partial charge in [0.05, 0.1) is 6.61 Å². The molecule has 2 rings (SSSR count). The highest BCUT2D eigenvalue weighted by Crippen LogP contribution is 2.37. The summed E-state index contributed by atoms with van der Waals surface area (Å²) in [6, 6.07) is 8.52. The standard InChI is InChI=1S/C17H25BrO/c1-17(2,3)16(18)10-6-7-13-11-12-19-15-9-5-4-8-14(13)15/h4-5,8-9,13,16H,6-7,10-12H2,1-3H3. The smallest absolute Gasteiger partial charge is 0.122 e. The van der Waals surface area contributed by atoms with Gasteiger partial charge in [-0.15, -0.1) is 0 Å². The highest BCUT2D eigenvalue weighted by Gasteiger charge is 2.24. The lowest BCUT2D eigenvalue weighted by Crippen LogP contribution is -2.20. The second-order valence-corrected chi connectivity index (χ2v) is 7.74. The molecule has 0 radical (unpaired) electrons. The number of hydrogen-bond donors (Lipinski definition) is 0. The van der Waals surface area contributed by atoms with Crippen molar-refractivity contribution in [2.24, 2.45) is 5.41 Å². The SMILES string of the molecule is CC(C)(C)C(Br)CCCC1CCOc2ccccc21. The molecule has 0 bridgehead atoms. The minimum atomic E-state index is 0.355. The minimum absolute atomic E-state index is 0.355. The summed E-state index contributed by atoms with van der Waals surface area (Å²) < 4.78 is 5.73. The van der Waals surface area contributed by atoms with E-state index in [-0.39, 0.29) is 0 Å². The Bertz CT molecular complexity index is 408. The Kier molecular flexibility index (Phi) is 4.94. The van der Waals surface area contributed by atoms with Crippen molar-refractivity contribution in [1.29, 1.82) is 0 Å². The first-order valence-corrected chi connectivity index (χ1v) is 8.26. The highest BCUT2D eigenvalue weighted by molar-refractivity contribution is 9.09. The van der Waals surface area contributed by atoms with E-state index in [0.29, 0.717) is 16.2 Å². The van der Waals surface area contributed by atoms with Gasteiger partial charge < -0.3 is 4.74 Å². The number of halogens is 1. The van der Waals surface area contributed by atoms with Crippen LogP contribution in [0.2, 0.25) is 0 Å². The van der Waals surface area contributed by atoms with Crippen LogP contribution in [0.15, 0.2) is 24.3 Å². The van der Waals surface area contributed by atoms with E-state index in [0.717, 1.165) is 12.4 Å². The fraction of sp³-hybridized carbons (Fsp3) is 0.647. The first-order chi connectivity index (χ1) is 8.98.